The summed E-state index contributed by atoms with van der Waals surface area (Å²) >= 11 is 0. The van der Waals surface area contributed by atoms with E-state index in [9.17, 15) is 0 Å². The molecule has 0 aliphatic carbocycles. The van der Waals surface area contributed by atoms with Gasteiger partial charge in [0.1, 0.15) is 0 Å². The van der Waals surface area contributed by atoms with Gasteiger partial charge in [-0.05, 0) is 0 Å². The molecule has 5 heavy (non-hydrogen) atoms. The first-order valence-corrected chi connectivity index (χ1v) is 0.667. The molecule has 0 aromatic rings. The largest absolute Gasteiger partial charge is 0.344 e. The van der Waals surface area contributed by atoms with E-state index in [0.29, 0.717) is 0 Å². The molecule has 0 saturated heterocycles. The molecule has 0 radical (unpaired) electrons. The first kappa shape index (κ1) is 21.4. The van der Waals surface area contributed by atoms with Crippen LogP contribution in [0.4, 0.5) is 0 Å². The van der Waals surface area contributed by atoms with Crippen molar-refractivity contribution < 1.29 is 0 Å². The van der Waals surface area contributed by atoms with Gasteiger partial charge in [-0.15, -0.1) is 0 Å². The predicted molar refractivity (Wildman–Crippen MR) is 21.8 cm³/mol. The van der Waals surface area contributed by atoms with E-state index in [0.717, 1.165) is 0 Å². The summed E-state index contributed by atoms with van der Waals surface area (Å²) in [5.41, 5.74) is 0. The average molecular weight is 81.1 g/mol. The van der Waals surface area contributed by atoms with Crippen LogP contribution in [-0.2, 0) is 0 Å². The molecule has 0 amide bonds. The Hall–Kier alpha value is -0.200. The predicted octanol–water partition coefficient (Wildman–Crippen LogP) is -2.20. The molecule has 0 atom stereocenters. The number of hydrogen-bond acceptors (Lipinski definition) is 5. The zero-order valence-corrected chi connectivity index (χ0v) is 3.02. The lowest BCUT2D eigenvalue weighted by Crippen LogP contribution is -2.02. The molecule has 0 fully saturated rings. The molecule has 5 heteroatoms. The third-order valence-corrected chi connectivity index (χ3v) is 0. The van der Waals surface area contributed by atoms with Crippen LogP contribution in [0.15, 0.2) is 0 Å². The summed E-state index contributed by atoms with van der Waals surface area (Å²) in [6.07, 6.45) is 0. The molecule has 0 aliphatic rings. The molecule has 0 unspecified atom stereocenters. The maximum absolute atomic E-state index is 4.00. The SMILES string of the molecule is N.NN.NN. The van der Waals surface area contributed by atoms with E-state index in [2.05, 4.69) is 23.4 Å². The molecule has 5 nitrogen and oxygen atoms in total. The monoisotopic (exact) mass is 81.1 g/mol. The van der Waals surface area contributed by atoms with Crippen molar-refractivity contribution in [2.24, 2.45) is 23.4 Å². The van der Waals surface area contributed by atoms with Crippen LogP contribution < -0.4 is 29.5 Å². The van der Waals surface area contributed by atoms with E-state index in [1.165, 1.54) is 0 Å². The molecule has 0 heterocycles. The molecule has 0 spiro atoms. The van der Waals surface area contributed by atoms with Crippen molar-refractivity contribution in [2.45, 2.75) is 0 Å². The van der Waals surface area contributed by atoms with E-state index >= 15 is 0 Å². The highest BCUT2D eigenvalue weighted by Gasteiger charge is 0.728. The minimum Gasteiger partial charge on any atom is -0.344 e. The first-order valence-electron chi connectivity index (χ1n) is 0.667. The Morgan fingerprint density at radius 1 is 0.600 bits per heavy atom. The second-order valence-corrected chi connectivity index (χ2v) is 0. The molecule has 36 valence electrons. The third kappa shape index (κ3) is 308. The number of nitrogens with two attached hydrogens (primary N) is 4. The van der Waals surface area contributed by atoms with Crippen molar-refractivity contribution in [2.75, 3.05) is 0 Å². The Kier molecular flexibility index (Phi) is 3190. The Balaban J connectivity index is -0.0000000133. The number of rotatable bonds is 0. The minimum absolute atomic E-state index is 0. The number of hydrazine groups is 2. The summed E-state index contributed by atoms with van der Waals surface area (Å²) in [4.78, 5) is 0. The van der Waals surface area contributed by atoms with Crippen LogP contribution in [0, 0.1) is 0 Å². The van der Waals surface area contributed by atoms with Crippen molar-refractivity contribution in [3.63, 3.8) is 0 Å². The molecule has 0 bridgehead atoms. The van der Waals surface area contributed by atoms with Crippen molar-refractivity contribution in [3.05, 3.63) is 0 Å². The van der Waals surface area contributed by atoms with Gasteiger partial charge in [-0.1, -0.05) is 0 Å². The van der Waals surface area contributed by atoms with Gasteiger partial charge in [-0.3, -0.25) is 23.4 Å². The van der Waals surface area contributed by atoms with Gasteiger partial charge >= 0.3 is 0 Å². The van der Waals surface area contributed by atoms with E-state index < -0.39 is 0 Å². The highest BCUT2D eigenvalue weighted by Crippen LogP contribution is -0.0170. The van der Waals surface area contributed by atoms with Gasteiger partial charge in [0, 0.05) is 0 Å². The molecular weight excluding hydrogens is 70.0 g/mol. The lowest BCUT2D eigenvalue weighted by molar-refractivity contribution is 1.26. The molecule has 11 N–H and O–H groups in total. The Bertz CT molecular complexity index is 0. The maximum Gasteiger partial charge on any atom is -0.274 e. The molecular formula is H11N5. The van der Waals surface area contributed by atoms with Gasteiger partial charge in [0.25, 0.3) is 0 Å². The summed E-state index contributed by atoms with van der Waals surface area (Å²) in [5.74, 6) is 16.0. The van der Waals surface area contributed by atoms with Crippen LogP contribution in [0.5, 0.6) is 0 Å². The smallest absolute Gasteiger partial charge is 0.274 e. The summed E-state index contributed by atoms with van der Waals surface area (Å²) in [6.45, 7) is 0. The topological polar surface area (TPSA) is 139 Å². The highest BCUT2D eigenvalue weighted by atomic mass is 15.0. The second kappa shape index (κ2) is 745. The van der Waals surface area contributed by atoms with Gasteiger partial charge in [-0.2, -0.15) is 0 Å². The van der Waals surface area contributed by atoms with E-state index in [1.807, 2.05) is 0 Å². The van der Waals surface area contributed by atoms with Crippen LogP contribution in [0.25, 0.3) is 0 Å². The van der Waals surface area contributed by atoms with Gasteiger partial charge < -0.3 is 6.15 Å². The standard InChI is InChI=1S/2H4N2.H3N/c2*1-2;/h2*1-2H2;1H3. The molecule has 0 saturated carbocycles. The van der Waals surface area contributed by atoms with Crippen LogP contribution in [0.1, 0.15) is 0 Å². The molecule has 0 rings (SSSR count). The van der Waals surface area contributed by atoms with Crippen LogP contribution >= 0.6 is 0 Å². The van der Waals surface area contributed by atoms with Crippen molar-refractivity contribution in [3.8, 4) is 0 Å². The minimum atomic E-state index is 0. The normalized spacial score (nSPS) is 2.40. The van der Waals surface area contributed by atoms with Gasteiger partial charge in [-0.25, -0.2) is 0 Å². The van der Waals surface area contributed by atoms with Crippen LogP contribution in [-0.4, -0.2) is 0 Å². The molecule has 0 aromatic carbocycles. The lowest BCUT2D eigenvalue weighted by atomic mass is 13.0. The average Bonchev–Trinajstić information content (AvgIpc) is 1.50. The van der Waals surface area contributed by atoms with Crippen molar-refractivity contribution in [1.82, 2.24) is 6.15 Å². The fourth-order valence-electron chi connectivity index (χ4n) is 0. The van der Waals surface area contributed by atoms with E-state index in [4.69, 9.17) is 0 Å². The third-order valence-electron chi connectivity index (χ3n) is 0. The summed E-state index contributed by atoms with van der Waals surface area (Å²) < 4.78 is 0. The molecule has 0 aromatic heterocycles. The van der Waals surface area contributed by atoms with Crippen LogP contribution in [0.2, 0.25) is 0 Å². The van der Waals surface area contributed by atoms with E-state index in [-0.39, 0.29) is 6.15 Å². The summed E-state index contributed by atoms with van der Waals surface area (Å²) in [7, 11) is 0. The Labute approximate surface area is 30.8 Å². The van der Waals surface area contributed by atoms with Crippen LogP contribution in [0.3, 0.4) is 0 Å². The van der Waals surface area contributed by atoms with Gasteiger partial charge in [0.05, 0.1) is 0 Å². The molecule has 0 aliphatic heterocycles. The fraction of sp³-hybridized carbons (Fsp3) is 0. The fourth-order valence-corrected chi connectivity index (χ4v) is 0. The van der Waals surface area contributed by atoms with Gasteiger partial charge in [0.2, 0.25) is 0 Å². The summed E-state index contributed by atoms with van der Waals surface area (Å²) in [5, 5.41) is 0. The van der Waals surface area contributed by atoms with Gasteiger partial charge in [0.15, 0.2) is 0 Å². The second-order valence-electron chi connectivity index (χ2n) is 0. The first-order chi connectivity index (χ1) is 2.00. The maximum atomic E-state index is 4.00. The van der Waals surface area contributed by atoms with Crippen molar-refractivity contribution >= 4 is 0 Å². The Morgan fingerprint density at radius 3 is 0.600 bits per heavy atom. The van der Waals surface area contributed by atoms with Crippen molar-refractivity contribution in [1.29, 1.82) is 0 Å². The zero-order valence-electron chi connectivity index (χ0n) is 3.02. The lowest BCUT2D eigenvalue weighted by Gasteiger charge is -1.27. The Morgan fingerprint density at radius 2 is 0.600 bits per heavy atom. The highest BCUT2D eigenvalue weighted by molar-refractivity contribution is 3.26. The zero-order chi connectivity index (χ0) is 4.00. The quantitative estimate of drug-likeness (QED) is 0.166. The van der Waals surface area contributed by atoms with E-state index in [1.54, 1.807) is 0 Å². The summed E-state index contributed by atoms with van der Waals surface area (Å²) in [6, 6.07) is 0. The number of hydrogen-bond donors (Lipinski definition) is 5.